The van der Waals surface area contributed by atoms with Crippen molar-refractivity contribution in [3.05, 3.63) is 41.3 Å². The number of carbonyl (C=O) groups is 1. The van der Waals surface area contributed by atoms with Gasteiger partial charge in [0.2, 0.25) is 0 Å². The van der Waals surface area contributed by atoms with Crippen LogP contribution in [0.3, 0.4) is 0 Å². The molecule has 16 heavy (non-hydrogen) atoms. The minimum absolute atomic E-state index is 0.280. The van der Waals surface area contributed by atoms with E-state index in [0.717, 1.165) is 6.42 Å². The van der Waals surface area contributed by atoms with Gasteiger partial charge in [0.25, 0.3) is 0 Å². The van der Waals surface area contributed by atoms with E-state index in [4.69, 9.17) is 0 Å². The highest BCUT2D eigenvalue weighted by Gasteiger charge is 2.08. The van der Waals surface area contributed by atoms with Crippen LogP contribution in [0, 0.1) is 5.92 Å². The highest BCUT2D eigenvalue weighted by Crippen LogP contribution is 2.20. The first-order valence-corrected chi connectivity index (χ1v) is 5.70. The van der Waals surface area contributed by atoms with E-state index < -0.39 is 0 Å². The summed E-state index contributed by atoms with van der Waals surface area (Å²) >= 11 is 0. The number of benzene rings is 1. The maximum Gasteiger partial charge on any atom is 0.337 e. The average Bonchev–Trinajstić information content (AvgIpc) is 2.35. The standard InChI is InChI=1S/C14H19O2/c1-4-5-6-11(2)12-7-9-13(10-8-12)14(15)16-3/h7-10H,4-6H2,1-3H3. The molecule has 0 unspecified atom stereocenters. The number of carbonyl (C=O) groups excluding carboxylic acids is 1. The van der Waals surface area contributed by atoms with Gasteiger partial charge in [-0.15, -0.1) is 0 Å². The molecule has 0 aliphatic rings. The zero-order valence-electron chi connectivity index (χ0n) is 10.2. The Hall–Kier alpha value is -1.31. The van der Waals surface area contributed by atoms with Gasteiger partial charge in [-0.05, 0) is 24.1 Å². The molecule has 0 bridgehead atoms. The fraction of sp³-hybridized carbons (Fsp3) is 0.429. The number of hydrogen-bond donors (Lipinski definition) is 0. The van der Waals surface area contributed by atoms with E-state index in [1.807, 2.05) is 24.3 Å². The molecule has 0 aliphatic heterocycles. The van der Waals surface area contributed by atoms with Crippen LogP contribution in [0.2, 0.25) is 0 Å². The van der Waals surface area contributed by atoms with Gasteiger partial charge in [0.15, 0.2) is 0 Å². The molecule has 0 spiro atoms. The van der Waals surface area contributed by atoms with Crippen LogP contribution in [0.5, 0.6) is 0 Å². The lowest BCUT2D eigenvalue weighted by molar-refractivity contribution is 0.0600. The molecule has 0 saturated carbocycles. The molecular weight excluding hydrogens is 200 g/mol. The molecular formula is C14H19O2. The van der Waals surface area contributed by atoms with Crippen LogP contribution >= 0.6 is 0 Å². The monoisotopic (exact) mass is 219 g/mol. The van der Waals surface area contributed by atoms with E-state index >= 15 is 0 Å². The Labute approximate surface area is 97.6 Å². The zero-order chi connectivity index (χ0) is 12.0. The topological polar surface area (TPSA) is 26.3 Å². The van der Waals surface area contributed by atoms with Crippen LogP contribution in [-0.2, 0) is 4.74 Å². The largest absolute Gasteiger partial charge is 0.465 e. The number of rotatable bonds is 5. The molecule has 0 saturated heterocycles. The van der Waals surface area contributed by atoms with Crippen LogP contribution in [0.1, 0.15) is 49.0 Å². The third-order valence-electron chi connectivity index (χ3n) is 2.70. The van der Waals surface area contributed by atoms with Gasteiger partial charge in [0.1, 0.15) is 0 Å². The van der Waals surface area contributed by atoms with E-state index in [9.17, 15) is 4.79 Å². The van der Waals surface area contributed by atoms with Gasteiger partial charge in [0, 0.05) is 5.92 Å². The molecule has 2 heteroatoms. The lowest BCUT2D eigenvalue weighted by Gasteiger charge is -2.10. The van der Waals surface area contributed by atoms with Gasteiger partial charge in [-0.3, -0.25) is 0 Å². The molecule has 0 aliphatic carbocycles. The molecule has 2 nitrogen and oxygen atoms in total. The summed E-state index contributed by atoms with van der Waals surface area (Å²) in [6, 6.07) is 7.60. The van der Waals surface area contributed by atoms with E-state index in [1.54, 1.807) is 0 Å². The molecule has 0 fully saturated rings. The summed E-state index contributed by atoms with van der Waals surface area (Å²) in [7, 11) is 1.40. The number of unbranched alkanes of at least 4 members (excludes halogenated alkanes) is 1. The third kappa shape index (κ3) is 3.37. The third-order valence-corrected chi connectivity index (χ3v) is 2.70. The van der Waals surface area contributed by atoms with Crippen molar-refractivity contribution in [3.63, 3.8) is 0 Å². The number of esters is 1. The SMILES string of the molecule is CCCC[C](C)c1ccc(C(=O)OC)cc1. The Balaban J connectivity index is 2.67. The van der Waals surface area contributed by atoms with Crippen molar-refractivity contribution in [2.75, 3.05) is 7.11 Å². The predicted molar refractivity (Wildman–Crippen MR) is 65.3 cm³/mol. The smallest absolute Gasteiger partial charge is 0.337 e. The van der Waals surface area contributed by atoms with Crippen molar-refractivity contribution in [2.24, 2.45) is 0 Å². The summed E-state index contributed by atoms with van der Waals surface area (Å²) in [5, 5.41) is 0. The Morgan fingerprint density at radius 1 is 1.19 bits per heavy atom. The Morgan fingerprint density at radius 2 is 1.75 bits per heavy atom. The first kappa shape index (κ1) is 12.8. The van der Waals surface area contributed by atoms with Crippen molar-refractivity contribution in [1.29, 1.82) is 0 Å². The summed E-state index contributed by atoms with van der Waals surface area (Å²) in [6.45, 7) is 4.33. The van der Waals surface area contributed by atoms with Crippen LogP contribution in [-0.4, -0.2) is 13.1 Å². The molecule has 87 valence electrons. The van der Waals surface area contributed by atoms with Gasteiger partial charge in [-0.25, -0.2) is 4.79 Å². The first-order valence-electron chi connectivity index (χ1n) is 5.70. The quantitative estimate of drug-likeness (QED) is 0.707. The number of methoxy groups -OCH3 is 1. The Kier molecular flexibility index (Phi) is 5.03. The molecule has 1 radical (unpaired) electrons. The van der Waals surface area contributed by atoms with Gasteiger partial charge in [0.05, 0.1) is 12.7 Å². The second kappa shape index (κ2) is 6.31. The van der Waals surface area contributed by atoms with Crippen molar-refractivity contribution in [3.8, 4) is 0 Å². The van der Waals surface area contributed by atoms with Gasteiger partial charge >= 0.3 is 5.97 Å². The molecule has 0 heterocycles. The normalized spacial score (nSPS) is 10.5. The van der Waals surface area contributed by atoms with Crippen molar-refractivity contribution in [2.45, 2.75) is 33.1 Å². The second-order valence-corrected chi connectivity index (χ2v) is 3.95. The van der Waals surface area contributed by atoms with Crippen LogP contribution in [0.25, 0.3) is 0 Å². The van der Waals surface area contributed by atoms with E-state index in [2.05, 4.69) is 18.6 Å². The lowest BCUT2D eigenvalue weighted by Crippen LogP contribution is -2.02. The van der Waals surface area contributed by atoms with E-state index in [0.29, 0.717) is 5.56 Å². The van der Waals surface area contributed by atoms with E-state index in [-0.39, 0.29) is 5.97 Å². The minimum atomic E-state index is -0.280. The van der Waals surface area contributed by atoms with Crippen LogP contribution < -0.4 is 0 Å². The fourth-order valence-electron chi connectivity index (χ4n) is 1.59. The van der Waals surface area contributed by atoms with Crippen molar-refractivity contribution in [1.82, 2.24) is 0 Å². The number of ether oxygens (including phenoxy) is 1. The Morgan fingerprint density at radius 3 is 2.25 bits per heavy atom. The average molecular weight is 219 g/mol. The summed E-state index contributed by atoms with van der Waals surface area (Å²) in [5.74, 6) is 1.09. The Bertz CT molecular complexity index is 327. The highest BCUT2D eigenvalue weighted by molar-refractivity contribution is 5.89. The van der Waals surface area contributed by atoms with E-state index in [1.165, 1.54) is 31.4 Å². The molecule has 0 amide bonds. The molecule has 1 rings (SSSR count). The van der Waals surface area contributed by atoms with Gasteiger partial charge < -0.3 is 4.74 Å². The molecule has 0 aromatic heterocycles. The highest BCUT2D eigenvalue weighted by atomic mass is 16.5. The molecule has 0 atom stereocenters. The zero-order valence-corrected chi connectivity index (χ0v) is 10.2. The van der Waals surface area contributed by atoms with Gasteiger partial charge in [-0.1, -0.05) is 38.8 Å². The lowest BCUT2D eigenvalue weighted by atomic mass is 9.95. The maximum absolute atomic E-state index is 11.2. The van der Waals surface area contributed by atoms with Crippen LogP contribution in [0.4, 0.5) is 0 Å². The summed E-state index contributed by atoms with van der Waals surface area (Å²) in [5.41, 5.74) is 1.82. The summed E-state index contributed by atoms with van der Waals surface area (Å²) in [6.07, 6.45) is 3.54. The maximum atomic E-state index is 11.2. The fourth-order valence-corrected chi connectivity index (χ4v) is 1.59. The van der Waals surface area contributed by atoms with Crippen LogP contribution in [0.15, 0.2) is 24.3 Å². The molecule has 1 aromatic rings. The predicted octanol–water partition coefficient (Wildman–Crippen LogP) is 3.61. The molecule has 0 N–H and O–H groups in total. The molecule has 1 aromatic carbocycles. The first-order chi connectivity index (χ1) is 7.69. The minimum Gasteiger partial charge on any atom is -0.465 e. The second-order valence-electron chi connectivity index (χ2n) is 3.95. The van der Waals surface area contributed by atoms with Crippen molar-refractivity contribution < 1.29 is 9.53 Å². The summed E-state index contributed by atoms with van der Waals surface area (Å²) in [4.78, 5) is 11.2. The van der Waals surface area contributed by atoms with Gasteiger partial charge in [-0.2, -0.15) is 0 Å². The van der Waals surface area contributed by atoms with Crippen molar-refractivity contribution >= 4 is 5.97 Å². The number of hydrogen-bond acceptors (Lipinski definition) is 2. The summed E-state index contributed by atoms with van der Waals surface area (Å²) < 4.78 is 4.66.